The summed E-state index contributed by atoms with van der Waals surface area (Å²) in [5, 5.41) is 0. The van der Waals surface area contributed by atoms with Crippen LogP contribution in [0.2, 0.25) is 0 Å². The van der Waals surface area contributed by atoms with E-state index in [-0.39, 0.29) is 22.9 Å². The Hall–Kier alpha value is -2.00. The minimum atomic E-state index is -3.58. The summed E-state index contributed by atoms with van der Waals surface area (Å²) >= 11 is 0. The second kappa shape index (κ2) is 8.59. The maximum Gasteiger partial charge on any atom is 0.240 e. The van der Waals surface area contributed by atoms with Gasteiger partial charge in [0.25, 0.3) is 0 Å². The summed E-state index contributed by atoms with van der Waals surface area (Å²) in [4.78, 5) is 0.383. The zero-order valence-electron chi connectivity index (χ0n) is 14.6. The second-order valence-corrected chi connectivity index (χ2v) is 9.34. The van der Waals surface area contributed by atoms with Crippen LogP contribution in [0.5, 0.6) is 0 Å². The maximum atomic E-state index is 12.1. The van der Waals surface area contributed by atoms with Gasteiger partial charge in [0.05, 0.1) is 9.79 Å². The number of rotatable bonds is 8. The normalized spacial score (nSPS) is 12.5. The third kappa shape index (κ3) is 5.77. The first-order valence-electron chi connectivity index (χ1n) is 7.98. The van der Waals surface area contributed by atoms with Crippen LogP contribution in [0.3, 0.4) is 0 Å². The summed E-state index contributed by atoms with van der Waals surface area (Å²) in [6, 6.07) is 13.1. The molecule has 0 aromatic heterocycles. The molecule has 140 valence electrons. The van der Waals surface area contributed by atoms with Gasteiger partial charge in [-0.3, -0.25) is 0 Å². The van der Waals surface area contributed by atoms with Gasteiger partial charge in [0.15, 0.2) is 0 Å². The van der Waals surface area contributed by atoms with Crippen molar-refractivity contribution in [2.75, 3.05) is 13.1 Å². The molecule has 0 radical (unpaired) electrons. The molecule has 0 aliphatic rings. The molecule has 0 saturated heterocycles. The SMILES string of the molecule is Cc1ccc(S(=O)(=O)NCC=CCNS(=O)(=O)c2ccc(C)cc2)cc1. The highest BCUT2D eigenvalue weighted by Gasteiger charge is 2.13. The zero-order chi connectivity index (χ0) is 19.2. The summed E-state index contributed by atoms with van der Waals surface area (Å²) < 4.78 is 53.2. The molecule has 0 saturated carbocycles. The van der Waals surface area contributed by atoms with Gasteiger partial charge >= 0.3 is 0 Å². The van der Waals surface area contributed by atoms with E-state index in [1.165, 1.54) is 24.3 Å². The number of benzene rings is 2. The molecule has 0 atom stereocenters. The molecule has 2 aromatic carbocycles. The summed E-state index contributed by atoms with van der Waals surface area (Å²) in [6.45, 7) is 3.90. The lowest BCUT2D eigenvalue weighted by Gasteiger charge is -2.06. The second-order valence-electron chi connectivity index (χ2n) is 5.80. The molecule has 0 spiro atoms. The Labute approximate surface area is 155 Å². The lowest BCUT2D eigenvalue weighted by molar-refractivity contribution is 0.583. The van der Waals surface area contributed by atoms with E-state index in [0.29, 0.717) is 0 Å². The van der Waals surface area contributed by atoms with Crippen molar-refractivity contribution in [3.8, 4) is 0 Å². The Morgan fingerprint density at radius 2 is 0.962 bits per heavy atom. The van der Waals surface area contributed by atoms with Crippen LogP contribution in [-0.2, 0) is 20.0 Å². The molecule has 0 amide bonds. The van der Waals surface area contributed by atoms with E-state index >= 15 is 0 Å². The highest BCUT2D eigenvalue weighted by Crippen LogP contribution is 2.10. The third-order valence-corrected chi connectivity index (χ3v) is 6.49. The number of hydrogen-bond donors (Lipinski definition) is 2. The molecule has 2 rings (SSSR count). The quantitative estimate of drug-likeness (QED) is 0.671. The predicted octanol–water partition coefficient (Wildman–Crippen LogP) is 2.12. The van der Waals surface area contributed by atoms with Gasteiger partial charge in [-0.25, -0.2) is 26.3 Å². The van der Waals surface area contributed by atoms with Gasteiger partial charge in [-0.05, 0) is 38.1 Å². The Morgan fingerprint density at radius 1 is 0.654 bits per heavy atom. The standard InChI is InChI=1S/C18H22N2O4S2/c1-15-5-9-17(10-6-15)25(21,22)19-13-3-4-14-20-26(23,24)18-11-7-16(2)8-12-18/h3-12,19-20H,13-14H2,1-2H3. The fraction of sp³-hybridized carbons (Fsp3) is 0.222. The van der Waals surface area contributed by atoms with Crippen LogP contribution in [0.1, 0.15) is 11.1 Å². The average Bonchev–Trinajstić information content (AvgIpc) is 2.58. The van der Waals surface area contributed by atoms with Gasteiger partial charge in [0.2, 0.25) is 20.0 Å². The van der Waals surface area contributed by atoms with Crippen molar-refractivity contribution in [1.82, 2.24) is 9.44 Å². The van der Waals surface area contributed by atoms with E-state index in [2.05, 4.69) is 9.44 Å². The van der Waals surface area contributed by atoms with Gasteiger partial charge < -0.3 is 0 Å². The lowest BCUT2D eigenvalue weighted by atomic mass is 10.2. The molecule has 0 aliphatic carbocycles. The van der Waals surface area contributed by atoms with Crippen LogP contribution in [0.15, 0.2) is 70.5 Å². The summed E-state index contributed by atoms with van der Waals surface area (Å²) in [5.41, 5.74) is 1.95. The first kappa shape index (κ1) is 20.3. The average molecular weight is 395 g/mol. The summed E-state index contributed by atoms with van der Waals surface area (Å²) in [7, 11) is -7.16. The number of nitrogens with one attached hydrogen (secondary N) is 2. The summed E-state index contributed by atoms with van der Waals surface area (Å²) in [5.74, 6) is 0. The molecule has 0 bridgehead atoms. The van der Waals surface area contributed by atoms with Crippen molar-refractivity contribution in [2.45, 2.75) is 23.6 Å². The van der Waals surface area contributed by atoms with Gasteiger partial charge in [-0.15, -0.1) is 0 Å². The molecular formula is C18H22N2O4S2. The minimum absolute atomic E-state index is 0.0719. The molecule has 0 aliphatic heterocycles. The third-order valence-electron chi connectivity index (χ3n) is 3.61. The minimum Gasteiger partial charge on any atom is -0.207 e. The monoisotopic (exact) mass is 394 g/mol. The molecule has 0 heterocycles. The van der Waals surface area contributed by atoms with Crippen LogP contribution in [0.4, 0.5) is 0 Å². The molecule has 6 nitrogen and oxygen atoms in total. The van der Waals surface area contributed by atoms with E-state index < -0.39 is 20.0 Å². The van der Waals surface area contributed by atoms with E-state index in [0.717, 1.165) is 11.1 Å². The van der Waals surface area contributed by atoms with Gasteiger partial charge in [-0.1, -0.05) is 47.5 Å². The first-order chi connectivity index (χ1) is 12.2. The fourth-order valence-electron chi connectivity index (χ4n) is 2.08. The fourth-order valence-corrected chi connectivity index (χ4v) is 4.04. The maximum absolute atomic E-state index is 12.1. The van der Waals surface area contributed by atoms with Crippen molar-refractivity contribution >= 4 is 20.0 Å². The topological polar surface area (TPSA) is 92.3 Å². The highest BCUT2D eigenvalue weighted by molar-refractivity contribution is 7.89. The summed E-state index contributed by atoms with van der Waals surface area (Å²) in [6.07, 6.45) is 3.12. The van der Waals surface area contributed by atoms with Crippen LogP contribution in [0, 0.1) is 13.8 Å². The van der Waals surface area contributed by atoms with Crippen LogP contribution < -0.4 is 9.44 Å². The number of sulfonamides is 2. The van der Waals surface area contributed by atoms with Gasteiger partial charge in [0, 0.05) is 13.1 Å². The van der Waals surface area contributed by atoms with E-state index in [1.54, 1.807) is 36.4 Å². The van der Waals surface area contributed by atoms with Crippen molar-refractivity contribution < 1.29 is 16.8 Å². The van der Waals surface area contributed by atoms with Gasteiger partial charge in [0.1, 0.15) is 0 Å². The number of hydrogen-bond acceptors (Lipinski definition) is 4. The smallest absolute Gasteiger partial charge is 0.207 e. The number of aryl methyl sites for hydroxylation is 2. The van der Waals surface area contributed by atoms with E-state index in [9.17, 15) is 16.8 Å². The highest BCUT2D eigenvalue weighted by atomic mass is 32.2. The molecule has 0 unspecified atom stereocenters. The molecular weight excluding hydrogens is 372 g/mol. The zero-order valence-corrected chi connectivity index (χ0v) is 16.3. The Balaban J connectivity index is 1.84. The lowest BCUT2D eigenvalue weighted by Crippen LogP contribution is -2.25. The molecule has 26 heavy (non-hydrogen) atoms. The van der Waals surface area contributed by atoms with Crippen molar-refractivity contribution in [2.24, 2.45) is 0 Å². The van der Waals surface area contributed by atoms with Crippen molar-refractivity contribution in [3.63, 3.8) is 0 Å². The Kier molecular flexibility index (Phi) is 6.71. The molecule has 2 N–H and O–H groups in total. The van der Waals surface area contributed by atoms with Crippen LogP contribution >= 0.6 is 0 Å². The van der Waals surface area contributed by atoms with E-state index in [4.69, 9.17) is 0 Å². The van der Waals surface area contributed by atoms with E-state index in [1.807, 2.05) is 13.8 Å². The van der Waals surface area contributed by atoms with Crippen molar-refractivity contribution in [1.29, 1.82) is 0 Å². The van der Waals surface area contributed by atoms with Crippen molar-refractivity contribution in [3.05, 3.63) is 71.8 Å². The molecule has 0 fully saturated rings. The van der Waals surface area contributed by atoms with Crippen LogP contribution in [0.25, 0.3) is 0 Å². The largest absolute Gasteiger partial charge is 0.240 e. The Morgan fingerprint density at radius 3 is 1.27 bits per heavy atom. The Bertz CT molecular complexity index is 881. The molecule has 2 aromatic rings. The molecule has 8 heteroatoms. The first-order valence-corrected chi connectivity index (χ1v) is 10.9. The predicted molar refractivity (Wildman–Crippen MR) is 102 cm³/mol. The van der Waals surface area contributed by atoms with Crippen LogP contribution in [-0.4, -0.2) is 29.9 Å². The van der Waals surface area contributed by atoms with Gasteiger partial charge in [-0.2, -0.15) is 0 Å².